The van der Waals surface area contributed by atoms with Gasteiger partial charge in [0.25, 0.3) is 5.09 Å². The summed E-state index contributed by atoms with van der Waals surface area (Å²) in [6.45, 7) is 2.16. The third kappa shape index (κ3) is 4.94. The number of hydrogen-bond donors (Lipinski definition) is 0. The molecule has 0 spiro atoms. The predicted molar refractivity (Wildman–Crippen MR) is 51.0 cm³/mol. The predicted octanol–water partition coefficient (Wildman–Crippen LogP) is 2.56. The van der Waals surface area contributed by atoms with E-state index >= 15 is 0 Å². The maximum atomic E-state index is 10.1. The quantitative estimate of drug-likeness (QED) is 0.196. The number of unbranched alkanes of at least 4 members (excludes halogenated alkanes) is 5. The molecule has 88 valence electrons. The average molecular weight is 219 g/mol. The van der Waals surface area contributed by atoms with Crippen LogP contribution in [0.4, 0.5) is 0 Å². The van der Waals surface area contributed by atoms with E-state index in [4.69, 9.17) is 0 Å². The maximum Gasteiger partial charge on any atom is 0.378 e. The highest BCUT2D eigenvalue weighted by atomic mass is 17.5. The van der Waals surface area contributed by atoms with Crippen LogP contribution in [0.5, 0.6) is 0 Å². The Morgan fingerprint density at radius 2 is 1.80 bits per heavy atom. The van der Waals surface area contributed by atoms with Gasteiger partial charge in [0.15, 0.2) is 0 Å². The molecule has 1 aliphatic rings. The molecule has 6 heteroatoms. The summed E-state index contributed by atoms with van der Waals surface area (Å²) in [5.41, 5.74) is 0. The van der Waals surface area contributed by atoms with Crippen molar-refractivity contribution in [1.82, 2.24) is 0 Å². The lowest BCUT2D eigenvalue weighted by atomic mass is 10.1. The molecule has 1 fully saturated rings. The van der Waals surface area contributed by atoms with Gasteiger partial charge >= 0.3 is 5.97 Å². The molecule has 0 aromatic carbocycles. The Morgan fingerprint density at radius 1 is 1.20 bits per heavy atom. The van der Waals surface area contributed by atoms with E-state index in [9.17, 15) is 10.1 Å². The minimum Gasteiger partial charge on any atom is -0.243 e. The Bertz CT molecular complexity index is 205. The van der Waals surface area contributed by atoms with Gasteiger partial charge in [0, 0.05) is 6.42 Å². The van der Waals surface area contributed by atoms with Gasteiger partial charge in [-0.2, -0.15) is 9.78 Å². The molecule has 0 radical (unpaired) electrons. The van der Waals surface area contributed by atoms with Gasteiger partial charge in [0.1, 0.15) is 0 Å². The number of hydrogen-bond acceptors (Lipinski definition) is 5. The molecule has 0 aromatic rings. The van der Waals surface area contributed by atoms with Gasteiger partial charge in [-0.1, -0.05) is 39.0 Å². The first-order chi connectivity index (χ1) is 7.18. The van der Waals surface area contributed by atoms with Gasteiger partial charge in [0.2, 0.25) is 0 Å². The van der Waals surface area contributed by atoms with Gasteiger partial charge in [0.05, 0.1) is 0 Å². The van der Waals surface area contributed by atoms with Crippen LogP contribution in [0.15, 0.2) is 0 Å². The summed E-state index contributed by atoms with van der Waals surface area (Å²) in [5.74, 6) is -1.38. The molecular formula is C9H17NO5. The normalized spacial score (nSPS) is 17.4. The van der Waals surface area contributed by atoms with Gasteiger partial charge in [-0.05, 0) is 6.42 Å². The molecule has 15 heavy (non-hydrogen) atoms. The molecule has 0 bridgehead atoms. The van der Waals surface area contributed by atoms with Crippen LogP contribution >= 0.6 is 0 Å². The SMILES string of the molecule is CCCCCCCCC1(O[N+](=O)[O-])OO1. The van der Waals surface area contributed by atoms with Crippen molar-refractivity contribution in [3.8, 4) is 0 Å². The largest absolute Gasteiger partial charge is 0.378 e. The minimum absolute atomic E-state index is 0.417. The molecule has 1 saturated heterocycles. The van der Waals surface area contributed by atoms with E-state index in [-0.39, 0.29) is 0 Å². The summed E-state index contributed by atoms with van der Waals surface area (Å²) in [4.78, 5) is 23.2. The highest BCUT2D eigenvalue weighted by Gasteiger charge is 2.53. The Labute approximate surface area is 88.5 Å². The van der Waals surface area contributed by atoms with E-state index in [0.717, 1.165) is 19.3 Å². The lowest BCUT2D eigenvalue weighted by Crippen LogP contribution is -2.19. The highest BCUT2D eigenvalue weighted by molar-refractivity contribution is 4.59. The van der Waals surface area contributed by atoms with Gasteiger partial charge < -0.3 is 0 Å². The second kappa shape index (κ2) is 5.87. The van der Waals surface area contributed by atoms with E-state index in [2.05, 4.69) is 21.5 Å². The molecule has 6 nitrogen and oxygen atoms in total. The van der Waals surface area contributed by atoms with Crippen LogP contribution in [0.3, 0.4) is 0 Å². The second-order valence-corrected chi connectivity index (χ2v) is 3.68. The van der Waals surface area contributed by atoms with Gasteiger partial charge in [-0.25, -0.2) is 4.84 Å². The first-order valence-corrected chi connectivity index (χ1v) is 5.39. The lowest BCUT2D eigenvalue weighted by Gasteiger charge is -2.04. The highest BCUT2D eigenvalue weighted by Crippen LogP contribution is 2.36. The Hall–Kier alpha value is -0.880. The summed E-state index contributed by atoms with van der Waals surface area (Å²) in [7, 11) is 0. The molecule has 0 saturated carbocycles. The number of nitrogens with zero attached hydrogens (tertiary/aromatic N) is 1. The molecular weight excluding hydrogens is 202 g/mol. The molecule has 1 aliphatic heterocycles. The molecule has 0 unspecified atom stereocenters. The van der Waals surface area contributed by atoms with E-state index in [1.165, 1.54) is 19.3 Å². The molecule has 1 rings (SSSR count). The fraction of sp³-hybridized carbons (Fsp3) is 1.00. The zero-order valence-electron chi connectivity index (χ0n) is 8.94. The fourth-order valence-electron chi connectivity index (χ4n) is 1.44. The van der Waals surface area contributed by atoms with Crippen LogP contribution in [-0.2, 0) is 14.6 Å². The Morgan fingerprint density at radius 3 is 2.33 bits per heavy atom. The van der Waals surface area contributed by atoms with Crippen molar-refractivity contribution in [2.24, 2.45) is 0 Å². The first-order valence-electron chi connectivity index (χ1n) is 5.39. The monoisotopic (exact) mass is 219 g/mol. The van der Waals surface area contributed by atoms with Gasteiger partial charge in [-0.15, -0.1) is 10.1 Å². The Kier molecular flexibility index (Phi) is 4.77. The van der Waals surface area contributed by atoms with Crippen LogP contribution in [0.2, 0.25) is 0 Å². The zero-order chi connectivity index (χ0) is 11.1. The van der Waals surface area contributed by atoms with Crippen molar-refractivity contribution >= 4 is 0 Å². The minimum atomic E-state index is -1.38. The Balaban J connectivity index is 1.97. The van der Waals surface area contributed by atoms with Crippen LogP contribution in [-0.4, -0.2) is 11.1 Å². The van der Waals surface area contributed by atoms with E-state index in [1.54, 1.807) is 0 Å². The third-order valence-corrected chi connectivity index (χ3v) is 2.32. The van der Waals surface area contributed by atoms with Gasteiger partial charge in [-0.3, -0.25) is 0 Å². The summed E-state index contributed by atoms with van der Waals surface area (Å²) < 4.78 is 0. The summed E-state index contributed by atoms with van der Waals surface area (Å²) in [5, 5.41) is 9.17. The molecule has 0 amide bonds. The maximum absolute atomic E-state index is 10.1. The molecule has 1 heterocycles. The summed E-state index contributed by atoms with van der Waals surface area (Å²) in [6, 6.07) is 0. The smallest absolute Gasteiger partial charge is 0.243 e. The van der Waals surface area contributed by atoms with Crippen molar-refractivity contribution in [2.45, 2.75) is 57.8 Å². The standard InChI is InChI=1S/C9H17NO5/c1-2-3-4-5-6-7-8-9(14-15-9)13-10(11)12/h2-8H2,1H3. The average Bonchev–Trinajstić information content (AvgIpc) is 2.91. The van der Waals surface area contributed by atoms with Crippen LogP contribution in [0, 0.1) is 10.1 Å². The molecule has 0 atom stereocenters. The fourth-order valence-corrected chi connectivity index (χ4v) is 1.44. The second-order valence-electron chi connectivity index (χ2n) is 3.68. The van der Waals surface area contributed by atoms with Crippen LogP contribution in [0.25, 0.3) is 0 Å². The molecule has 0 N–H and O–H groups in total. The number of rotatable bonds is 9. The topological polar surface area (TPSA) is 77.4 Å². The third-order valence-electron chi connectivity index (χ3n) is 2.32. The first kappa shape index (κ1) is 12.2. The van der Waals surface area contributed by atoms with Crippen LogP contribution < -0.4 is 0 Å². The van der Waals surface area contributed by atoms with Crippen molar-refractivity contribution in [1.29, 1.82) is 0 Å². The zero-order valence-corrected chi connectivity index (χ0v) is 8.94. The van der Waals surface area contributed by atoms with Crippen molar-refractivity contribution in [3.63, 3.8) is 0 Å². The van der Waals surface area contributed by atoms with Crippen molar-refractivity contribution < 1.29 is 19.7 Å². The van der Waals surface area contributed by atoms with Crippen molar-refractivity contribution in [3.05, 3.63) is 10.1 Å². The summed E-state index contributed by atoms with van der Waals surface area (Å²) in [6.07, 6.45) is 7.06. The van der Waals surface area contributed by atoms with Crippen molar-refractivity contribution in [2.75, 3.05) is 0 Å². The van der Waals surface area contributed by atoms with Crippen LogP contribution in [0.1, 0.15) is 51.9 Å². The molecule has 0 aliphatic carbocycles. The van der Waals surface area contributed by atoms with E-state index in [1.807, 2.05) is 0 Å². The van der Waals surface area contributed by atoms with E-state index < -0.39 is 11.1 Å². The van der Waals surface area contributed by atoms with E-state index in [0.29, 0.717) is 6.42 Å². The lowest BCUT2D eigenvalue weighted by molar-refractivity contribution is -0.783. The summed E-state index contributed by atoms with van der Waals surface area (Å²) >= 11 is 0. The molecule has 0 aromatic heterocycles.